The summed E-state index contributed by atoms with van der Waals surface area (Å²) >= 11 is 1.36. The topological polar surface area (TPSA) is 85.4 Å². The highest BCUT2D eigenvalue weighted by Crippen LogP contribution is 2.24. The molecule has 0 aliphatic heterocycles. The van der Waals surface area contributed by atoms with Gasteiger partial charge in [0.25, 0.3) is 0 Å². The predicted octanol–water partition coefficient (Wildman–Crippen LogP) is 3.08. The Morgan fingerprint density at radius 2 is 2.03 bits per heavy atom. The van der Waals surface area contributed by atoms with Gasteiger partial charge in [-0.3, -0.25) is 9.36 Å². The van der Waals surface area contributed by atoms with Gasteiger partial charge < -0.3 is 19.4 Å². The molecule has 0 aliphatic rings. The molecule has 3 aromatic rings. The van der Waals surface area contributed by atoms with Gasteiger partial charge in [-0.2, -0.15) is 0 Å². The van der Waals surface area contributed by atoms with Gasteiger partial charge in [0.2, 0.25) is 5.91 Å². The quantitative estimate of drug-likeness (QED) is 0.496. The van der Waals surface area contributed by atoms with E-state index in [1.165, 1.54) is 11.8 Å². The molecule has 160 valence electrons. The molecule has 0 saturated carbocycles. The van der Waals surface area contributed by atoms with Crippen LogP contribution in [-0.4, -0.2) is 59.1 Å². The van der Waals surface area contributed by atoms with Crippen LogP contribution in [0.1, 0.15) is 18.5 Å². The molecule has 0 bridgehead atoms. The molecule has 0 saturated heterocycles. The van der Waals surface area contributed by atoms with E-state index in [1.807, 2.05) is 62.0 Å². The number of hydrogen-bond donors (Lipinski definition) is 1. The first-order valence-electron chi connectivity index (χ1n) is 9.70. The lowest BCUT2D eigenvalue weighted by Gasteiger charge is -2.25. The van der Waals surface area contributed by atoms with Crippen molar-refractivity contribution in [2.24, 2.45) is 0 Å². The number of methoxy groups -OCH3 is 1. The number of likely N-dealkylation sites (N-methyl/N-ethyl adjacent to an activating group) is 1. The molecule has 30 heavy (non-hydrogen) atoms. The van der Waals surface area contributed by atoms with Gasteiger partial charge in [-0.1, -0.05) is 23.9 Å². The summed E-state index contributed by atoms with van der Waals surface area (Å²) in [6, 6.07) is 11.6. The molecule has 0 aliphatic carbocycles. The number of carbonyl (C=O) groups excluding carboxylic acids is 1. The first kappa shape index (κ1) is 21.9. The summed E-state index contributed by atoms with van der Waals surface area (Å²) in [6.45, 7) is 3.21. The molecule has 9 heteroatoms. The van der Waals surface area contributed by atoms with Crippen molar-refractivity contribution in [2.75, 3.05) is 33.5 Å². The van der Waals surface area contributed by atoms with Gasteiger partial charge in [0.05, 0.1) is 25.2 Å². The number of hydrogen-bond acceptors (Lipinski definition) is 7. The maximum Gasteiger partial charge on any atom is 0.230 e. The van der Waals surface area contributed by atoms with Gasteiger partial charge in [-0.15, -0.1) is 10.2 Å². The number of furan rings is 1. The molecule has 0 fully saturated rings. The number of carbonyl (C=O) groups is 1. The van der Waals surface area contributed by atoms with Gasteiger partial charge in [-0.05, 0) is 50.8 Å². The second kappa shape index (κ2) is 10.3. The summed E-state index contributed by atoms with van der Waals surface area (Å²) in [5.41, 5.74) is 1.11. The lowest BCUT2D eigenvalue weighted by Crippen LogP contribution is -2.35. The Labute approximate surface area is 180 Å². The molecule has 1 N–H and O–H groups in total. The zero-order valence-electron chi connectivity index (χ0n) is 17.7. The molecule has 1 aromatic carbocycles. The fraction of sp³-hybridized carbons (Fsp3) is 0.381. The maximum atomic E-state index is 12.5. The minimum Gasteiger partial charge on any atom is -0.497 e. The van der Waals surface area contributed by atoms with Crippen molar-refractivity contribution in [3.8, 4) is 17.3 Å². The number of amides is 1. The summed E-state index contributed by atoms with van der Waals surface area (Å²) in [5.74, 6) is 2.35. The number of thioether (sulfide) groups is 1. The van der Waals surface area contributed by atoms with Crippen molar-refractivity contribution < 1.29 is 13.9 Å². The van der Waals surface area contributed by atoms with Gasteiger partial charge in [0.15, 0.2) is 16.7 Å². The zero-order valence-corrected chi connectivity index (χ0v) is 18.5. The van der Waals surface area contributed by atoms with E-state index in [4.69, 9.17) is 9.15 Å². The van der Waals surface area contributed by atoms with Crippen LogP contribution in [0.15, 0.2) is 52.2 Å². The zero-order chi connectivity index (χ0) is 21.5. The van der Waals surface area contributed by atoms with E-state index in [1.54, 1.807) is 13.4 Å². The van der Waals surface area contributed by atoms with Crippen LogP contribution in [-0.2, 0) is 11.3 Å². The standard InChI is InChI=1S/C21H27N5O3S/c1-5-26-20(18-7-6-12-29-18)23-24-21(26)30-14-19(27)22-13-17(25(2)3)15-8-10-16(28-4)11-9-15/h6-12,17H,5,13-14H2,1-4H3,(H,22,27). The van der Waals surface area contributed by atoms with Gasteiger partial charge >= 0.3 is 0 Å². The fourth-order valence-corrected chi connectivity index (χ4v) is 3.92. The molecule has 0 radical (unpaired) electrons. The lowest BCUT2D eigenvalue weighted by molar-refractivity contribution is -0.118. The van der Waals surface area contributed by atoms with Gasteiger partial charge in [-0.25, -0.2) is 0 Å². The molecular formula is C21H27N5O3S. The van der Waals surface area contributed by atoms with Crippen LogP contribution in [0.5, 0.6) is 5.75 Å². The molecule has 0 spiro atoms. The number of benzene rings is 1. The third kappa shape index (κ3) is 5.22. The number of aromatic nitrogens is 3. The number of nitrogens with zero attached hydrogens (tertiary/aromatic N) is 4. The Balaban J connectivity index is 1.57. The fourth-order valence-electron chi connectivity index (χ4n) is 3.08. The summed E-state index contributed by atoms with van der Waals surface area (Å²) in [5, 5.41) is 12.1. The Hall–Kier alpha value is -2.78. The summed E-state index contributed by atoms with van der Waals surface area (Å²) in [4.78, 5) is 14.5. The maximum absolute atomic E-state index is 12.5. The Bertz CT molecular complexity index is 938. The summed E-state index contributed by atoms with van der Waals surface area (Å²) < 4.78 is 12.6. The molecule has 1 atom stereocenters. The average Bonchev–Trinajstić information content (AvgIpc) is 3.41. The highest BCUT2D eigenvalue weighted by Gasteiger charge is 2.18. The third-order valence-corrected chi connectivity index (χ3v) is 5.69. The minimum absolute atomic E-state index is 0.0504. The Morgan fingerprint density at radius 3 is 2.63 bits per heavy atom. The van der Waals surface area contributed by atoms with E-state index >= 15 is 0 Å². The third-order valence-electron chi connectivity index (χ3n) is 4.72. The molecule has 1 amide bonds. The summed E-state index contributed by atoms with van der Waals surface area (Å²) in [7, 11) is 5.64. The number of rotatable bonds is 10. The van der Waals surface area contributed by atoms with E-state index in [0.29, 0.717) is 29.8 Å². The van der Waals surface area contributed by atoms with Gasteiger partial charge in [0, 0.05) is 13.1 Å². The second-order valence-corrected chi connectivity index (χ2v) is 7.82. The van der Waals surface area contributed by atoms with Gasteiger partial charge in [0.1, 0.15) is 5.75 Å². The predicted molar refractivity (Wildman–Crippen MR) is 117 cm³/mol. The molecule has 1 unspecified atom stereocenters. The average molecular weight is 430 g/mol. The van der Waals surface area contributed by atoms with Crippen molar-refractivity contribution in [3.05, 3.63) is 48.2 Å². The first-order chi connectivity index (χ1) is 14.5. The van der Waals surface area contributed by atoms with Crippen LogP contribution in [0, 0.1) is 0 Å². The second-order valence-electron chi connectivity index (χ2n) is 6.87. The summed E-state index contributed by atoms with van der Waals surface area (Å²) in [6.07, 6.45) is 1.61. The Morgan fingerprint density at radius 1 is 1.27 bits per heavy atom. The Kier molecular flexibility index (Phi) is 7.53. The number of nitrogens with one attached hydrogen (secondary N) is 1. The monoisotopic (exact) mass is 429 g/mol. The molecule has 2 heterocycles. The van der Waals surface area contributed by atoms with E-state index in [2.05, 4.69) is 20.4 Å². The highest BCUT2D eigenvalue weighted by atomic mass is 32.2. The van der Waals surface area contributed by atoms with Crippen molar-refractivity contribution in [3.63, 3.8) is 0 Å². The number of ether oxygens (including phenoxy) is 1. The van der Waals surface area contributed by atoms with Crippen LogP contribution in [0.2, 0.25) is 0 Å². The molecule has 3 rings (SSSR count). The van der Waals surface area contributed by atoms with E-state index in [-0.39, 0.29) is 17.7 Å². The lowest BCUT2D eigenvalue weighted by atomic mass is 10.1. The van der Waals surface area contributed by atoms with Crippen molar-refractivity contribution in [1.29, 1.82) is 0 Å². The first-order valence-corrected chi connectivity index (χ1v) is 10.7. The van der Waals surface area contributed by atoms with Crippen LogP contribution in [0.4, 0.5) is 0 Å². The van der Waals surface area contributed by atoms with E-state index in [9.17, 15) is 4.79 Å². The van der Waals surface area contributed by atoms with Crippen LogP contribution >= 0.6 is 11.8 Å². The van der Waals surface area contributed by atoms with Crippen molar-refractivity contribution >= 4 is 17.7 Å². The van der Waals surface area contributed by atoms with Crippen LogP contribution < -0.4 is 10.1 Å². The van der Waals surface area contributed by atoms with E-state index in [0.717, 1.165) is 11.3 Å². The highest BCUT2D eigenvalue weighted by molar-refractivity contribution is 7.99. The minimum atomic E-state index is -0.0504. The molecule has 2 aromatic heterocycles. The normalized spacial score (nSPS) is 12.2. The van der Waals surface area contributed by atoms with E-state index < -0.39 is 0 Å². The SMILES string of the molecule is CCn1c(SCC(=O)NCC(c2ccc(OC)cc2)N(C)C)nnc1-c1ccco1. The largest absolute Gasteiger partial charge is 0.497 e. The van der Waals surface area contributed by atoms with Crippen LogP contribution in [0.3, 0.4) is 0 Å². The van der Waals surface area contributed by atoms with Crippen molar-refractivity contribution in [2.45, 2.75) is 24.7 Å². The molecular weight excluding hydrogens is 402 g/mol. The molecule has 8 nitrogen and oxygen atoms in total. The smallest absolute Gasteiger partial charge is 0.230 e. The van der Waals surface area contributed by atoms with Crippen molar-refractivity contribution in [1.82, 2.24) is 25.0 Å². The van der Waals surface area contributed by atoms with Crippen LogP contribution in [0.25, 0.3) is 11.6 Å².